The molecule has 3 heterocycles. The van der Waals surface area contributed by atoms with Crippen molar-refractivity contribution in [2.45, 2.75) is 114 Å². The summed E-state index contributed by atoms with van der Waals surface area (Å²) in [5.74, 6) is -2.93. The van der Waals surface area contributed by atoms with E-state index in [-0.39, 0.29) is 36.8 Å². The molecule has 3 saturated heterocycles. The van der Waals surface area contributed by atoms with Crippen molar-refractivity contribution in [3.05, 3.63) is 61.2 Å². The van der Waals surface area contributed by atoms with E-state index in [4.69, 9.17) is 9.47 Å². The smallest absolute Gasteiger partial charge is 0.313 e. The number of amides is 3. The van der Waals surface area contributed by atoms with Crippen molar-refractivity contribution < 1.29 is 33.8 Å². The quantitative estimate of drug-likeness (QED) is 0.128. The Kier molecular flexibility index (Phi) is 12.8. The Balaban J connectivity index is 1.65. The van der Waals surface area contributed by atoms with Crippen LogP contribution < -0.4 is 5.32 Å². The number of hydrogen-bond donors (Lipinski definition) is 2. The maximum Gasteiger partial charge on any atom is 0.313 e. The number of unbranched alkanes of at least 4 members (excludes halogenated alkanes) is 2. The second-order valence-corrected chi connectivity index (χ2v) is 13.2. The van der Waals surface area contributed by atoms with E-state index < -0.39 is 47.7 Å². The molecule has 8 atom stereocenters. The van der Waals surface area contributed by atoms with Crippen molar-refractivity contribution in [1.82, 2.24) is 15.1 Å². The van der Waals surface area contributed by atoms with Gasteiger partial charge in [0.05, 0.1) is 24.0 Å². The minimum absolute atomic E-state index is 0.0545. The van der Waals surface area contributed by atoms with Gasteiger partial charge in [-0.25, -0.2) is 0 Å². The fourth-order valence-corrected chi connectivity index (χ4v) is 7.81. The topological polar surface area (TPSA) is 125 Å². The molecule has 0 radical (unpaired) electrons. The summed E-state index contributed by atoms with van der Waals surface area (Å²) < 4.78 is 12.9. The first kappa shape index (κ1) is 36.3. The van der Waals surface area contributed by atoms with Crippen molar-refractivity contribution in [2.75, 3.05) is 19.7 Å². The predicted octanol–water partition coefficient (Wildman–Crippen LogP) is 4.48. The molecule has 3 aliphatic heterocycles. The van der Waals surface area contributed by atoms with Crippen LogP contribution in [-0.2, 0) is 28.7 Å². The van der Waals surface area contributed by atoms with Crippen LogP contribution >= 0.6 is 0 Å². The standard InChI is InChI=1S/C37H53N3O7/c1-6-9-19-29(42)38-26(5)32(27-17-12-10-13-18-27)46-36(45)30-28-20-21-37(47-28)31(30)34(43)40(23-14-11-15-24-41)33(37)35(44)39(22-8-3)25(4)16-7-2/h6,8,10,12-13,17-18,25-26,28,30-33,41H,1,3,7,9,11,14-16,19-24H2,2,4-5H3,(H,38,42)/t25?,26-,28-,30+,31+,32-,33-,37+/m0/s1. The largest absolute Gasteiger partial charge is 0.455 e. The molecule has 1 aromatic carbocycles. The van der Waals surface area contributed by atoms with Crippen LogP contribution in [0.25, 0.3) is 0 Å². The van der Waals surface area contributed by atoms with E-state index in [9.17, 15) is 24.3 Å². The molecule has 1 aromatic rings. The second kappa shape index (κ2) is 16.6. The number of likely N-dealkylation sites (tertiary alicyclic amines) is 1. The van der Waals surface area contributed by atoms with E-state index in [0.29, 0.717) is 51.6 Å². The number of benzene rings is 1. The van der Waals surface area contributed by atoms with Crippen LogP contribution in [0.3, 0.4) is 0 Å². The van der Waals surface area contributed by atoms with Crippen molar-refractivity contribution in [3.8, 4) is 0 Å². The van der Waals surface area contributed by atoms with Gasteiger partial charge in [-0.1, -0.05) is 55.8 Å². The highest BCUT2D eigenvalue weighted by atomic mass is 16.6. The van der Waals surface area contributed by atoms with Crippen LogP contribution in [-0.4, -0.2) is 88.1 Å². The number of aliphatic hydroxyl groups is 1. The Morgan fingerprint density at radius 3 is 2.57 bits per heavy atom. The molecule has 4 rings (SSSR count). The van der Waals surface area contributed by atoms with E-state index in [1.165, 1.54) is 0 Å². The van der Waals surface area contributed by atoms with Crippen LogP contribution in [0, 0.1) is 11.8 Å². The second-order valence-electron chi connectivity index (χ2n) is 13.2. The summed E-state index contributed by atoms with van der Waals surface area (Å²) in [6.45, 7) is 14.2. The van der Waals surface area contributed by atoms with Gasteiger partial charge in [0, 0.05) is 32.2 Å². The van der Waals surface area contributed by atoms with E-state index in [1.807, 2.05) is 37.3 Å². The normalized spacial score (nSPS) is 26.3. The third-order valence-corrected chi connectivity index (χ3v) is 10.0. The highest BCUT2D eigenvalue weighted by Gasteiger charge is 2.75. The van der Waals surface area contributed by atoms with Crippen molar-refractivity contribution in [3.63, 3.8) is 0 Å². The summed E-state index contributed by atoms with van der Waals surface area (Å²) in [5.41, 5.74) is -0.421. The molecule has 1 spiro atoms. The number of fused-ring (bicyclic) bond motifs is 1. The van der Waals surface area contributed by atoms with E-state index in [0.717, 1.165) is 18.4 Å². The van der Waals surface area contributed by atoms with Crippen LogP contribution in [0.4, 0.5) is 0 Å². The molecule has 3 aliphatic rings. The third-order valence-electron chi connectivity index (χ3n) is 10.0. The zero-order valence-corrected chi connectivity index (χ0v) is 28.3. The van der Waals surface area contributed by atoms with Gasteiger partial charge in [-0.05, 0) is 64.4 Å². The Bertz CT molecular complexity index is 1270. The first-order chi connectivity index (χ1) is 22.6. The SMILES string of the molecule is C=CCCC(=O)N[C@@H](C)[C@H](OC(=O)[C@@H]1[C@@H]2CC[C@]3(O2)[C@H](C(=O)N(CC=C)C(C)CCC)N(CCCCCO)C(=O)[C@@H]13)c1ccccc1. The lowest BCUT2D eigenvalue weighted by Crippen LogP contribution is -2.57. The maximum absolute atomic E-state index is 14.5. The number of carbonyl (C=O) groups is 4. The Morgan fingerprint density at radius 1 is 1.17 bits per heavy atom. The average molecular weight is 652 g/mol. The van der Waals surface area contributed by atoms with E-state index in [1.54, 1.807) is 28.9 Å². The first-order valence-corrected chi connectivity index (χ1v) is 17.3. The number of hydrogen-bond acceptors (Lipinski definition) is 7. The molecule has 3 amide bonds. The Hall–Kier alpha value is -3.50. The Morgan fingerprint density at radius 2 is 1.91 bits per heavy atom. The van der Waals surface area contributed by atoms with Crippen molar-refractivity contribution in [2.24, 2.45) is 11.8 Å². The summed E-state index contributed by atoms with van der Waals surface area (Å²) in [6.07, 6.45) is 7.45. The summed E-state index contributed by atoms with van der Waals surface area (Å²) in [6, 6.07) is 7.76. The molecule has 3 fully saturated rings. The van der Waals surface area contributed by atoms with Crippen LogP contribution in [0.5, 0.6) is 0 Å². The lowest BCUT2D eigenvalue weighted by Gasteiger charge is -2.39. The van der Waals surface area contributed by atoms with Gasteiger partial charge in [0.2, 0.25) is 17.7 Å². The minimum atomic E-state index is -1.14. The highest BCUT2D eigenvalue weighted by Crippen LogP contribution is 2.59. The van der Waals surface area contributed by atoms with E-state index >= 15 is 0 Å². The zero-order valence-electron chi connectivity index (χ0n) is 28.3. The first-order valence-electron chi connectivity index (χ1n) is 17.3. The van der Waals surface area contributed by atoms with Crippen molar-refractivity contribution >= 4 is 23.7 Å². The van der Waals surface area contributed by atoms with Gasteiger partial charge in [0.1, 0.15) is 17.7 Å². The van der Waals surface area contributed by atoms with E-state index in [2.05, 4.69) is 25.4 Å². The average Bonchev–Trinajstić information content (AvgIpc) is 3.70. The molecule has 0 aliphatic carbocycles. The van der Waals surface area contributed by atoms with Crippen LogP contribution in [0.15, 0.2) is 55.6 Å². The summed E-state index contributed by atoms with van der Waals surface area (Å²) in [4.78, 5) is 59.2. The van der Waals surface area contributed by atoms with Gasteiger partial charge in [0.15, 0.2) is 0 Å². The molecule has 10 nitrogen and oxygen atoms in total. The molecule has 0 aromatic heterocycles. The highest BCUT2D eigenvalue weighted by molar-refractivity contribution is 5.98. The number of ether oxygens (including phenoxy) is 2. The van der Waals surface area contributed by atoms with Gasteiger partial charge in [0.25, 0.3) is 0 Å². The molecule has 1 unspecified atom stereocenters. The number of esters is 1. The fraction of sp³-hybridized carbons (Fsp3) is 0.622. The van der Waals surface area contributed by atoms with Crippen LogP contribution in [0.2, 0.25) is 0 Å². The summed E-state index contributed by atoms with van der Waals surface area (Å²) in [5, 5.41) is 12.3. The number of rotatable bonds is 19. The third kappa shape index (κ3) is 7.64. The number of allylic oxidation sites excluding steroid dienone is 1. The number of carbonyl (C=O) groups excluding carboxylic acids is 4. The van der Waals surface area contributed by atoms with Gasteiger partial charge >= 0.3 is 5.97 Å². The molecule has 2 N–H and O–H groups in total. The molecule has 10 heteroatoms. The van der Waals surface area contributed by atoms with Gasteiger partial charge in [-0.15, -0.1) is 13.2 Å². The van der Waals surface area contributed by atoms with Gasteiger partial charge in [-0.2, -0.15) is 0 Å². The summed E-state index contributed by atoms with van der Waals surface area (Å²) in [7, 11) is 0. The number of nitrogens with zero attached hydrogens (tertiary/aromatic N) is 2. The number of aliphatic hydroxyl groups excluding tert-OH is 1. The lowest BCUT2D eigenvalue weighted by molar-refractivity contribution is -0.162. The monoisotopic (exact) mass is 651 g/mol. The lowest BCUT2D eigenvalue weighted by atomic mass is 9.70. The number of nitrogens with one attached hydrogen (secondary N) is 1. The van der Waals surface area contributed by atoms with Crippen LogP contribution in [0.1, 0.15) is 90.2 Å². The molecule has 258 valence electrons. The van der Waals surface area contributed by atoms with Crippen molar-refractivity contribution in [1.29, 1.82) is 0 Å². The molecule has 47 heavy (non-hydrogen) atoms. The zero-order chi connectivity index (χ0) is 34.1. The Labute approximate surface area is 279 Å². The molecular weight excluding hydrogens is 598 g/mol. The molecule has 2 bridgehead atoms. The van der Waals surface area contributed by atoms with Gasteiger partial charge < -0.3 is 29.7 Å². The fourth-order valence-electron chi connectivity index (χ4n) is 7.81. The molecule has 0 saturated carbocycles. The molecular formula is C37H53N3O7. The minimum Gasteiger partial charge on any atom is -0.455 e. The summed E-state index contributed by atoms with van der Waals surface area (Å²) >= 11 is 0. The maximum atomic E-state index is 14.5. The predicted molar refractivity (Wildman–Crippen MR) is 179 cm³/mol. The van der Waals surface area contributed by atoms with Gasteiger partial charge in [-0.3, -0.25) is 19.2 Å².